The van der Waals surface area contributed by atoms with Crippen LogP contribution in [0.15, 0.2) is 84.5 Å². The molecule has 3 aromatic rings. The molecule has 8 rings (SSSR count). The van der Waals surface area contributed by atoms with Crippen molar-refractivity contribution in [2.75, 3.05) is 55.2 Å². The number of phenols is 1. The number of fused-ring (bicyclic) bond motifs is 4. The van der Waals surface area contributed by atoms with Gasteiger partial charge in [0.25, 0.3) is 0 Å². The fourth-order valence-corrected chi connectivity index (χ4v) is 9.15. The number of para-hydroxylation sites is 1. The molecule has 268 valence electrons. The second kappa shape index (κ2) is 13.0. The molecule has 6 atom stereocenters. The standard InChI is InChI=1S/C41H41N3O8/c1-41-31(16-9-24-21-33(50-2)36(45)34(22-24)51-3)28-14-15-29-35(30(28)23-32(41)38(47)44(40(41)49)26-7-5-4-6-8-26)39(48)43(37(29)46)27-12-10-25(11-13-27)42-17-19-52-20-18-42/h4-14,16,21-22,29-32,35,45H,15,17-20,23H2,1-3H3/t29-,30+,31-,32-,35-,41-/m0/s1. The van der Waals surface area contributed by atoms with Gasteiger partial charge in [0.2, 0.25) is 29.4 Å². The number of anilines is 3. The zero-order valence-corrected chi connectivity index (χ0v) is 29.4. The number of amides is 4. The minimum absolute atomic E-state index is 0.132. The van der Waals surface area contributed by atoms with Gasteiger partial charge in [0.1, 0.15) is 0 Å². The molecule has 11 nitrogen and oxygen atoms in total. The highest BCUT2D eigenvalue weighted by Gasteiger charge is 2.67. The lowest BCUT2D eigenvalue weighted by Crippen LogP contribution is -2.49. The Kier molecular flexibility index (Phi) is 8.41. The average Bonchev–Trinajstić information content (AvgIpc) is 3.54. The lowest BCUT2D eigenvalue weighted by Gasteiger charge is -2.47. The fourth-order valence-electron chi connectivity index (χ4n) is 9.15. The van der Waals surface area contributed by atoms with Gasteiger partial charge < -0.3 is 24.2 Å². The van der Waals surface area contributed by atoms with E-state index >= 15 is 0 Å². The van der Waals surface area contributed by atoms with Crippen LogP contribution >= 0.6 is 0 Å². The first-order chi connectivity index (χ1) is 25.2. The Morgan fingerprint density at radius 2 is 1.44 bits per heavy atom. The van der Waals surface area contributed by atoms with E-state index in [0.29, 0.717) is 36.6 Å². The van der Waals surface area contributed by atoms with E-state index in [1.54, 1.807) is 36.4 Å². The van der Waals surface area contributed by atoms with Crippen molar-refractivity contribution in [1.29, 1.82) is 0 Å². The molecule has 11 heteroatoms. The predicted molar refractivity (Wildman–Crippen MR) is 194 cm³/mol. The summed E-state index contributed by atoms with van der Waals surface area (Å²) in [7, 11) is 2.90. The van der Waals surface area contributed by atoms with Gasteiger partial charge in [-0.3, -0.25) is 24.1 Å². The average molecular weight is 704 g/mol. The SMILES string of the molecule is COc1cc(C=C[C@H]2C3=CC[C@@H]4C(=O)N(c5ccc(N6CCOCC6)cc5)C(=O)[C@@H]4[C@@H]3C[C@H]3C(=O)N(c4ccccc4)C(=O)[C@@]23C)cc(OC)c1O. The summed E-state index contributed by atoms with van der Waals surface area (Å²) in [4.78, 5) is 62.3. The van der Waals surface area contributed by atoms with E-state index in [-0.39, 0.29) is 47.3 Å². The van der Waals surface area contributed by atoms with Crippen LogP contribution in [0.3, 0.4) is 0 Å². The minimum atomic E-state index is -1.16. The number of nitrogens with zero attached hydrogens (tertiary/aromatic N) is 3. The highest BCUT2D eigenvalue weighted by Crippen LogP contribution is 2.61. The quantitative estimate of drug-likeness (QED) is 0.260. The summed E-state index contributed by atoms with van der Waals surface area (Å²) in [6, 6.07) is 19.8. The Morgan fingerprint density at radius 1 is 0.808 bits per heavy atom. The van der Waals surface area contributed by atoms with Crippen LogP contribution in [0.2, 0.25) is 0 Å². The third kappa shape index (κ3) is 5.12. The third-order valence-corrected chi connectivity index (χ3v) is 11.8. The second-order valence-electron chi connectivity index (χ2n) is 14.3. The normalized spacial score (nSPS) is 28.6. The molecule has 4 amide bonds. The Hall–Kier alpha value is -5.42. The molecule has 5 aliphatic rings. The lowest BCUT2D eigenvalue weighted by molar-refractivity contribution is -0.132. The summed E-state index contributed by atoms with van der Waals surface area (Å²) in [5, 5.41) is 10.5. The number of hydrogen-bond acceptors (Lipinski definition) is 9. The van der Waals surface area contributed by atoms with Crippen molar-refractivity contribution in [2.24, 2.45) is 35.0 Å². The van der Waals surface area contributed by atoms with Crippen LogP contribution in [0.25, 0.3) is 6.08 Å². The van der Waals surface area contributed by atoms with Crippen molar-refractivity contribution >= 4 is 46.8 Å². The van der Waals surface area contributed by atoms with Gasteiger partial charge in [-0.2, -0.15) is 0 Å². The number of phenolic OH excluding ortho intramolecular Hbond substituents is 1. The van der Waals surface area contributed by atoms with E-state index in [1.807, 2.05) is 55.5 Å². The fraction of sp³-hybridized carbons (Fsp3) is 0.366. The van der Waals surface area contributed by atoms with Crippen molar-refractivity contribution in [1.82, 2.24) is 0 Å². The third-order valence-electron chi connectivity index (χ3n) is 11.8. The molecular formula is C41H41N3O8. The molecule has 2 aliphatic carbocycles. The number of morpholine rings is 1. The molecule has 1 N–H and O–H groups in total. The zero-order valence-electron chi connectivity index (χ0n) is 29.4. The largest absolute Gasteiger partial charge is 0.502 e. The Labute approximate surface area is 302 Å². The van der Waals surface area contributed by atoms with Gasteiger partial charge in [-0.05, 0) is 79.8 Å². The van der Waals surface area contributed by atoms with E-state index in [0.717, 1.165) is 24.4 Å². The molecule has 3 heterocycles. The van der Waals surface area contributed by atoms with Crippen molar-refractivity contribution in [3.8, 4) is 17.2 Å². The second-order valence-corrected chi connectivity index (χ2v) is 14.3. The van der Waals surface area contributed by atoms with Crippen LogP contribution in [0, 0.1) is 35.0 Å². The molecular weight excluding hydrogens is 662 g/mol. The first-order valence-electron chi connectivity index (χ1n) is 17.7. The van der Waals surface area contributed by atoms with Crippen LogP contribution in [0.1, 0.15) is 25.3 Å². The zero-order chi connectivity index (χ0) is 36.3. The molecule has 3 aliphatic heterocycles. The summed E-state index contributed by atoms with van der Waals surface area (Å²) in [5.74, 6) is -3.80. The van der Waals surface area contributed by atoms with Gasteiger partial charge >= 0.3 is 0 Å². The highest BCUT2D eigenvalue weighted by molar-refractivity contribution is 6.25. The lowest BCUT2D eigenvalue weighted by atomic mass is 9.52. The molecule has 0 spiro atoms. The molecule has 1 saturated carbocycles. The van der Waals surface area contributed by atoms with Crippen molar-refractivity contribution < 1.29 is 38.5 Å². The summed E-state index contributed by atoms with van der Waals surface area (Å²) in [6.07, 6.45) is 6.39. The Morgan fingerprint density at radius 3 is 2.10 bits per heavy atom. The highest BCUT2D eigenvalue weighted by atomic mass is 16.5. The van der Waals surface area contributed by atoms with Crippen LogP contribution in [-0.4, -0.2) is 69.3 Å². The van der Waals surface area contributed by atoms with Gasteiger partial charge in [-0.15, -0.1) is 0 Å². The van der Waals surface area contributed by atoms with Gasteiger partial charge in [0.15, 0.2) is 11.5 Å². The van der Waals surface area contributed by atoms with Crippen molar-refractivity contribution in [2.45, 2.75) is 19.8 Å². The topological polar surface area (TPSA) is 126 Å². The maximum atomic E-state index is 14.6. The number of aromatic hydroxyl groups is 1. The maximum Gasteiger partial charge on any atom is 0.241 e. The van der Waals surface area contributed by atoms with Gasteiger partial charge in [-0.1, -0.05) is 42.0 Å². The van der Waals surface area contributed by atoms with Crippen LogP contribution < -0.4 is 24.2 Å². The van der Waals surface area contributed by atoms with Crippen molar-refractivity contribution in [3.63, 3.8) is 0 Å². The number of allylic oxidation sites excluding steroid dienone is 3. The smallest absolute Gasteiger partial charge is 0.241 e. The number of carbonyl (C=O) groups is 4. The minimum Gasteiger partial charge on any atom is -0.502 e. The molecule has 0 bridgehead atoms. The number of imide groups is 2. The van der Waals surface area contributed by atoms with Crippen LogP contribution in [0.4, 0.5) is 17.1 Å². The first-order valence-corrected chi connectivity index (χ1v) is 17.7. The number of hydrogen-bond donors (Lipinski definition) is 1. The summed E-state index contributed by atoms with van der Waals surface area (Å²) >= 11 is 0. The monoisotopic (exact) mass is 703 g/mol. The maximum absolute atomic E-state index is 14.6. The molecule has 3 aromatic carbocycles. The number of benzene rings is 3. The molecule has 0 aromatic heterocycles. The molecule has 4 fully saturated rings. The molecule has 3 saturated heterocycles. The van der Waals surface area contributed by atoms with Crippen LogP contribution in [0.5, 0.6) is 17.2 Å². The van der Waals surface area contributed by atoms with E-state index in [4.69, 9.17) is 14.2 Å². The Balaban J connectivity index is 1.18. The predicted octanol–water partition coefficient (Wildman–Crippen LogP) is 5.23. The van der Waals surface area contributed by atoms with Gasteiger partial charge in [0.05, 0.1) is 62.0 Å². The molecule has 52 heavy (non-hydrogen) atoms. The number of methoxy groups -OCH3 is 2. The van der Waals surface area contributed by atoms with Crippen molar-refractivity contribution in [3.05, 3.63) is 90.0 Å². The van der Waals surface area contributed by atoms with Gasteiger partial charge in [-0.25, -0.2) is 4.90 Å². The van der Waals surface area contributed by atoms with Gasteiger partial charge in [0, 0.05) is 24.7 Å². The summed E-state index contributed by atoms with van der Waals surface area (Å²) < 4.78 is 16.2. The number of rotatable bonds is 7. The van der Waals surface area contributed by atoms with E-state index < -0.39 is 35.0 Å². The van der Waals surface area contributed by atoms with Crippen LogP contribution in [-0.2, 0) is 23.9 Å². The number of ether oxygens (including phenoxy) is 3. The first kappa shape index (κ1) is 33.7. The van der Waals surface area contributed by atoms with E-state index in [1.165, 1.54) is 24.0 Å². The molecule has 0 radical (unpaired) electrons. The Bertz CT molecular complexity index is 1980. The van der Waals surface area contributed by atoms with E-state index in [9.17, 15) is 24.3 Å². The van der Waals surface area contributed by atoms with E-state index in [2.05, 4.69) is 4.90 Å². The number of carbonyl (C=O) groups excluding carboxylic acids is 4. The summed E-state index contributed by atoms with van der Waals surface area (Å²) in [5.41, 5.74) is 2.40. The molecule has 0 unspecified atom stereocenters. The summed E-state index contributed by atoms with van der Waals surface area (Å²) in [6.45, 7) is 4.69.